The highest BCUT2D eigenvalue weighted by atomic mass is 79.9. The maximum absolute atomic E-state index is 12.6. The summed E-state index contributed by atoms with van der Waals surface area (Å²) in [6, 6.07) is 5.16. The first-order valence-electron chi connectivity index (χ1n) is 6.63. The lowest BCUT2D eigenvalue weighted by Gasteiger charge is -2.34. The predicted molar refractivity (Wildman–Crippen MR) is 78.4 cm³/mol. The molecule has 5 heteroatoms. The topological polar surface area (TPSA) is 52.6 Å². The van der Waals surface area contributed by atoms with Crippen LogP contribution in [-0.4, -0.2) is 41.6 Å². The second kappa shape index (κ2) is 6.39. The van der Waals surface area contributed by atoms with Crippen molar-refractivity contribution in [2.75, 3.05) is 19.6 Å². The Bertz CT molecular complexity index is 459. The van der Waals surface area contributed by atoms with Gasteiger partial charge in [0.25, 0.3) is 5.91 Å². The van der Waals surface area contributed by atoms with Crippen LogP contribution < -0.4 is 5.32 Å². The van der Waals surface area contributed by atoms with Gasteiger partial charge in [0.05, 0.1) is 5.56 Å². The van der Waals surface area contributed by atoms with Crippen molar-refractivity contribution < 1.29 is 9.90 Å². The van der Waals surface area contributed by atoms with Crippen molar-refractivity contribution >= 4 is 21.8 Å². The highest BCUT2D eigenvalue weighted by Crippen LogP contribution is 2.24. The molecule has 0 aromatic heterocycles. The Hall–Kier alpha value is -1.07. The lowest BCUT2D eigenvalue weighted by atomic mass is 10.0. The van der Waals surface area contributed by atoms with Crippen LogP contribution in [0.3, 0.4) is 0 Å². The molecule has 0 radical (unpaired) electrons. The number of benzene rings is 1. The number of phenolic OH excluding ortho intramolecular Hbond substituents is 1. The van der Waals surface area contributed by atoms with E-state index >= 15 is 0 Å². The number of hydrogen-bond acceptors (Lipinski definition) is 3. The summed E-state index contributed by atoms with van der Waals surface area (Å²) >= 11 is 3.34. The maximum atomic E-state index is 12.6. The minimum atomic E-state index is -0.102. The molecule has 1 heterocycles. The van der Waals surface area contributed by atoms with Gasteiger partial charge < -0.3 is 15.3 Å². The van der Waals surface area contributed by atoms with E-state index in [9.17, 15) is 9.90 Å². The molecule has 19 heavy (non-hydrogen) atoms. The summed E-state index contributed by atoms with van der Waals surface area (Å²) in [7, 11) is 0. The van der Waals surface area contributed by atoms with E-state index in [2.05, 4.69) is 21.2 Å². The number of aromatic hydroxyl groups is 1. The number of halogens is 1. The highest BCUT2D eigenvalue weighted by molar-refractivity contribution is 9.10. The molecule has 1 amide bonds. The molecule has 2 N–H and O–H groups in total. The van der Waals surface area contributed by atoms with E-state index < -0.39 is 0 Å². The van der Waals surface area contributed by atoms with Gasteiger partial charge in [-0.15, -0.1) is 0 Å². The number of carbonyl (C=O) groups excluding carboxylic acids is 1. The molecule has 4 nitrogen and oxygen atoms in total. The Morgan fingerprint density at radius 1 is 1.58 bits per heavy atom. The molecule has 2 rings (SSSR count). The van der Waals surface area contributed by atoms with Gasteiger partial charge in [-0.25, -0.2) is 0 Å². The van der Waals surface area contributed by atoms with E-state index in [0.29, 0.717) is 12.1 Å². The van der Waals surface area contributed by atoms with Crippen LogP contribution in [0.2, 0.25) is 0 Å². The first kappa shape index (κ1) is 14.3. The Morgan fingerprint density at radius 2 is 2.37 bits per heavy atom. The summed E-state index contributed by atoms with van der Waals surface area (Å²) in [6.07, 6.45) is 2.10. The molecular weight excluding hydrogens is 308 g/mol. The van der Waals surface area contributed by atoms with E-state index in [-0.39, 0.29) is 17.7 Å². The molecule has 104 valence electrons. The zero-order valence-electron chi connectivity index (χ0n) is 11.0. The third-order valence-corrected chi connectivity index (χ3v) is 4.00. The fraction of sp³-hybridized carbons (Fsp3) is 0.500. The first-order chi connectivity index (χ1) is 9.13. The average Bonchev–Trinajstić information content (AvgIpc) is 2.43. The van der Waals surface area contributed by atoms with Gasteiger partial charge >= 0.3 is 0 Å². The summed E-state index contributed by atoms with van der Waals surface area (Å²) in [6.45, 7) is 4.47. The van der Waals surface area contributed by atoms with E-state index in [4.69, 9.17) is 0 Å². The normalized spacial score (nSPS) is 19.2. The van der Waals surface area contributed by atoms with Crippen LogP contribution in [-0.2, 0) is 0 Å². The molecule has 0 bridgehead atoms. The zero-order valence-corrected chi connectivity index (χ0v) is 12.6. The minimum Gasteiger partial charge on any atom is -0.507 e. The lowest BCUT2D eigenvalue weighted by molar-refractivity contribution is 0.0659. The van der Waals surface area contributed by atoms with Crippen LogP contribution in [0.5, 0.6) is 5.75 Å². The van der Waals surface area contributed by atoms with Crippen molar-refractivity contribution in [1.82, 2.24) is 10.2 Å². The summed E-state index contributed by atoms with van der Waals surface area (Å²) in [5.41, 5.74) is 0.363. The van der Waals surface area contributed by atoms with Crippen LogP contribution in [0.1, 0.15) is 30.1 Å². The largest absolute Gasteiger partial charge is 0.507 e. The fourth-order valence-corrected chi connectivity index (χ4v) is 2.86. The fourth-order valence-electron chi connectivity index (χ4n) is 2.50. The summed E-state index contributed by atoms with van der Waals surface area (Å²) in [4.78, 5) is 14.4. The average molecular weight is 327 g/mol. The number of hydrogen-bond donors (Lipinski definition) is 2. The van der Waals surface area contributed by atoms with Gasteiger partial charge in [-0.3, -0.25) is 4.79 Å². The zero-order chi connectivity index (χ0) is 13.8. The SMILES string of the molecule is CCN(C(=O)c1cc(Br)ccc1O)C1CCCNC1. The number of likely N-dealkylation sites (N-methyl/N-ethyl adjacent to an activating group) is 1. The summed E-state index contributed by atoms with van der Waals surface area (Å²) in [5, 5.41) is 13.2. The molecular formula is C14H19BrN2O2. The molecule has 0 saturated carbocycles. The van der Waals surface area contributed by atoms with Crippen LogP contribution in [0.25, 0.3) is 0 Å². The number of nitrogens with one attached hydrogen (secondary N) is 1. The van der Waals surface area contributed by atoms with E-state index in [1.165, 1.54) is 0 Å². The van der Waals surface area contributed by atoms with Crippen molar-refractivity contribution in [1.29, 1.82) is 0 Å². The molecule has 1 aromatic rings. The molecule has 1 aliphatic heterocycles. The Balaban J connectivity index is 2.22. The third-order valence-electron chi connectivity index (χ3n) is 3.50. The Kier molecular flexibility index (Phi) is 4.82. The minimum absolute atomic E-state index is 0.0374. The van der Waals surface area contributed by atoms with Crippen molar-refractivity contribution in [2.45, 2.75) is 25.8 Å². The first-order valence-corrected chi connectivity index (χ1v) is 7.43. The number of phenols is 1. The van der Waals surface area contributed by atoms with Crippen molar-refractivity contribution in [3.05, 3.63) is 28.2 Å². The summed E-state index contributed by atoms with van der Waals surface area (Å²) < 4.78 is 0.798. The van der Waals surface area contributed by atoms with Gasteiger partial charge in [0.2, 0.25) is 0 Å². The Morgan fingerprint density at radius 3 is 3.00 bits per heavy atom. The number of amides is 1. The van der Waals surface area contributed by atoms with Crippen molar-refractivity contribution in [2.24, 2.45) is 0 Å². The van der Waals surface area contributed by atoms with Gasteiger partial charge in [0.15, 0.2) is 0 Å². The van der Waals surface area contributed by atoms with Crippen molar-refractivity contribution in [3.63, 3.8) is 0 Å². The standard InChI is InChI=1S/C14H19BrN2O2/c1-2-17(11-4-3-7-16-9-11)14(19)12-8-10(15)5-6-13(12)18/h5-6,8,11,16,18H,2-4,7,9H2,1H3. The second-order valence-corrected chi connectivity index (χ2v) is 5.67. The van der Waals surface area contributed by atoms with Gasteiger partial charge in [0.1, 0.15) is 5.75 Å². The molecule has 1 fully saturated rings. The van der Waals surface area contributed by atoms with Crippen LogP contribution in [0.4, 0.5) is 0 Å². The Labute approximate surface area is 121 Å². The number of rotatable bonds is 3. The van der Waals surface area contributed by atoms with E-state index in [1.54, 1.807) is 18.2 Å². The molecule has 1 aromatic carbocycles. The highest BCUT2D eigenvalue weighted by Gasteiger charge is 2.26. The number of carbonyl (C=O) groups is 1. The van der Waals surface area contributed by atoms with Gasteiger partial charge in [-0.05, 0) is 44.5 Å². The van der Waals surface area contributed by atoms with Crippen LogP contribution in [0.15, 0.2) is 22.7 Å². The number of piperidine rings is 1. The summed E-state index contributed by atoms with van der Waals surface area (Å²) in [5.74, 6) is -0.0644. The van der Waals surface area contributed by atoms with Crippen LogP contribution in [0, 0.1) is 0 Å². The molecule has 1 unspecified atom stereocenters. The maximum Gasteiger partial charge on any atom is 0.257 e. The lowest BCUT2D eigenvalue weighted by Crippen LogP contribution is -2.48. The van der Waals surface area contributed by atoms with Gasteiger partial charge in [-0.2, -0.15) is 0 Å². The van der Waals surface area contributed by atoms with E-state index in [0.717, 1.165) is 30.4 Å². The molecule has 1 atom stereocenters. The number of nitrogens with zero attached hydrogens (tertiary/aromatic N) is 1. The molecule has 1 saturated heterocycles. The second-order valence-electron chi connectivity index (χ2n) is 4.75. The van der Waals surface area contributed by atoms with E-state index in [1.807, 2.05) is 11.8 Å². The third kappa shape index (κ3) is 3.28. The molecule has 1 aliphatic rings. The monoisotopic (exact) mass is 326 g/mol. The smallest absolute Gasteiger partial charge is 0.257 e. The quantitative estimate of drug-likeness (QED) is 0.896. The van der Waals surface area contributed by atoms with Gasteiger partial charge in [-0.1, -0.05) is 15.9 Å². The van der Waals surface area contributed by atoms with Crippen LogP contribution >= 0.6 is 15.9 Å². The molecule has 0 aliphatic carbocycles. The predicted octanol–water partition coefficient (Wildman–Crippen LogP) is 2.37. The van der Waals surface area contributed by atoms with Crippen molar-refractivity contribution in [3.8, 4) is 5.75 Å². The van der Waals surface area contributed by atoms with Gasteiger partial charge in [0, 0.05) is 23.6 Å². The molecule has 0 spiro atoms.